The van der Waals surface area contributed by atoms with Crippen molar-refractivity contribution in [2.75, 3.05) is 49.7 Å². The van der Waals surface area contributed by atoms with E-state index in [1.54, 1.807) is 74.1 Å². The van der Waals surface area contributed by atoms with Gasteiger partial charge in [0.2, 0.25) is 6.41 Å². The van der Waals surface area contributed by atoms with E-state index in [-0.39, 0.29) is 72.9 Å². The molecule has 0 radical (unpaired) electrons. The minimum absolute atomic E-state index is 0.0464. The standard InChI is InChI=1S/C53H85NO14/c1-33-17-15-19-48(58)67-52(39(7)51(66-14)35(3)22-25-44(57)37(5)45(63-11)18-16-26-54(8)32-55)36(4)20-23-41(56)30-46(64-12)34(2)21-24-42(61-9)31-47(65-13)38(6)53-50(60)40(29-49(59)68-53)28-43(27-33)62-10/h15-17,19-21,23-24,26,29,32,34-39,41-43,45-47,50-53,56,60H,18,22,25,27-28,30-31H2,1-14H3/b19-15+,23-20+,24-21+,26-16+,33-17+/t34?,35?,36?,37?,38?,39?,41?,42?,43?,45?,46?,47?,50-,51?,52?,53-/m0/s1. The summed E-state index contributed by atoms with van der Waals surface area (Å²) in [5.41, 5.74) is 1.38. The molecule has 386 valence electrons. The molecule has 16 atom stereocenters. The topological polar surface area (TPSA) is 186 Å². The summed E-state index contributed by atoms with van der Waals surface area (Å²) in [6.45, 7) is 13.5. The average Bonchev–Trinajstić information content (AvgIpc) is 3.32. The minimum Gasteiger partial charge on any atom is -0.458 e. The molecule has 2 aliphatic heterocycles. The SMILES string of the molecule is COC1/C=C/C(C)C(OC)CC(O)/C=C/C(C)C(C(C)C(OC)C(C)CCC(=O)C(C)C(C/C=C/N(C)C=O)OC)OC(=O)/C=C/C=C(\C)CC(OC)CC2=CC(=O)O[C@@H](C(C)C(OC)C1)[C@H]2O. The summed E-state index contributed by atoms with van der Waals surface area (Å²) in [7, 11) is 11.2. The van der Waals surface area contributed by atoms with E-state index in [0.717, 1.165) is 5.57 Å². The van der Waals surface area contributed by atoms with Gasteiger partial charge in [-0.15, -0.1) is 0 Å². The van der Waals surface area contributed by atoms with Gasteiger partial charge in [0.25, 0.3) is 0 Å². The summed E-state index contributed by atoms with van der Waals surface area (Å²) in [5, 5.41) is 22.9. The number of aliphatic hydroxyl groups excluding tert-OH is 2. The summed E-state index contributed by atoms with van der Waals surface area (Å²) >= 11 is 0. The van der Waals surface area contributed by atoms with Gasteiger partial charge in [-0.05, 0) is 44.1 Å². The van der Waals surface area contributed by atoms with Crippen LogP contribution in [0.3, 0.4) is 0 Å². The zero-order valence-corrected chi connectivity index (χ0v) is 43.3. The third kappa shape index (κ3) is 19.5. The molecule has 0 aromatic heterocycles. The number of cyclic esters (lactones) is 1. The first-order valence-electron chi connectivity index (χ1n) is 24.0. The molecule has 0 aliphatic carbocycles. The van der Waals surface area contributed by atoms with Crippen molar-refractivity contribution in [1.82, 2.24) is 4.90 Å². The Morgan fingerprint density at radius 3 is 2.13 bits per heavy atom. The van der Waals surface area contributed by atoms with Gasteiger partial charge >= 0.3 is 11.9 Å². The van der Waals surface area contributed by atoms with Crippen molar-refractivity contribution in [3.8, 4) is 0 Å². The predicted octanol–water partition coefficient (Wildman–Crippen LogP) is 6.91. The van der Waals surface area contributed by atoms with Gasteiger partial charge in [0.15, 0.2) is 0 Å². The third-order valence-electron chi connectivity index (χ3n) is 13.7. The van der Waals surface area contributed by atoms with Crippen LogP contribution >= 0.6 is 0 Å². The van der Waals surface area contributed by atoms with Crippen molar-refractivity contribution in [3.05, 3.63) is 72.0 Å². The van der Waals surface area contributed by atoms with E-state index in [1.165, 1.54) is 17.1 Å². The number of methoxy groups -OCH3 is 6. The van der Waals surface area contributed by atoms with Gasteiger partial charge < -0.3 is 53.0 Å². The molecule has 1 amide bonds. The number of rotatable bonds is 18. The molecule has 14 unspecified atom stereocenters. The fourth-order valence-electron chi connectivity index (χ4n) is 9.26. The van der Waals surface area contributed by atoms with Crippen molar-refractivity contribution < 1.29 is 67.3 Å². The Morgan fingerprint density at radius 2 is 1.53 bits per heavy atom. The summed E-state index contributed by atoms with van der Waals surface area (Å²) in [6, 6.07) is 0. The highest BCUT2D eigenvalue weighted by atomic mass is 16.6. The summed E-state index contributed by atoms with van der Waals surface area (Å²) in [6.07, 6.45) is 14.5. The Morgan fingerprint density at radius 1 is 0.853 bits per heavy atom. The van der Waals surface area contributed by atoms with Gasteiger partial charge in [0.05, 0.1) is 42.7 Å². The lowest BCUT2D eigenvalue weighted by molar-refractivity contribution is -0.160. The van der Waals surface area contributed by atoms with Crippen LogP contribution in [-0.2, 0) is 57.1 Å². The highest BCUT2D eigenvalue weighted by Crippen LogP contribution is 2.33. The molecule has 0 spiro atoms. The van der Waals surface area contributed by atoms with Gasteiger partial charge in [0.1, 0.15) is 24.1 Å². The summed E-state index contributed by atoms with van der Waals surface area (Å²) in [4.78, 5) is 52.4. The Bertz CT molecular complexity index is 1720. The maximum Gasteiger partial charge on any atom is 0.331 e. The number of hydrogen-bond donors (Lipinski definition) is 2. The lowest BCUT2D eigenvalue weighted by Gasteiger charge is -2.37. The molecule has 15 heteroatoms. The van der Waals surface area contributed by atoms with Crippen LogP contribution in [0.5, 0.6) is 0 Å². The molecule has 0 aromatic rings. The predicted molar refractivity (Wildman–Crippen MR) is 261 cm³/mol. The summed E-state index contributed by atoms with van der Waals surface area (Å²) in [5.74, 6) is -2.82. The van der Waals surface area contributed by atoms with Crippen molar-refractivity contribution >= 4 is 24.1 Å². The number of ether oxygens (including phenoxy) is 8. The molecule has 0 saturated carbocycles. The van der Waals surface area contributed by atoms with Crippen LogP contribution in [0.4, 0.5) is 0 Å². The van der Waals surface area contributed by atoms with Crippen LogP contribution in [0.15, 0.2) is 72.0 Å². The molecule has 68 heavy (non-hydrogen) atoms. The maximum absolute atomic E-state index is 13.6. The molecular weight excluding hydrogens is 875 g/mol. The second-order valence-corrected chi connectivity index (χ2v) is 18.8. The molecular formula is C53H85NO14. The van der Waals surface area contributed by atoms with Crippen LogP contribution in [-0.4, -0.2) is 150 Å². The first kappa shape index (κ1) is 60.3. The quantitative estimate of drug-likeness (QED) is 0.0821. The van der Waals surface area contributed by atoms with Crippen LogP contribution in [0.2, 0.25) is 0 Å². The highest BCUT2D eigenvalue weighted by Gasteiger charge is 2.40. The molecule has 15 nitrogen and oxygen atoms in total. The number of carbonyl (C=O) groups excluding carboxylic acids is 4. The highest BCUT2D eigenvalue weighted by molar-refractivity contribution is 5.84. The fraction of sp³-hybridized carbons (Fsp3) is 0.698. The smallest absolute Gasteiger partial charge is 0.331 e. The van der Waals surface area contributed by atoms with E-state index < -0.39 is 60.6 Å². The second kappa shape index (κ2) is 31.4. The van der Waals surface area contributed by atoms with Gasteiger partial charge in [-0.25, -0.2) is 9.59 Å². The fourth-order valence-corrected chi connectivity index (χ4v) is 9.26. The number of allylic oxidation sites excluding steroid dienone is 2. The molecule has 2 N–H and O–H groups in total. The number of aliphatic hydroxyl groups is 2. The lowest BCUT2D eigenvalue weighted by atomic mass is 9.81. The number of hydrogen-bond acceptors (Lipinski definition) is 14. The zero-order chi connectivity index (χ0) is 51.1. The third-order valence-corrected chi connectivity index (χ3v) is 13.7. The molecule has 0 aromatic carbocycles. The number of Topliss-reactive ketones (excluding diaryl/α,β-unsaturated/α-hetero) is 1. The zero-order valence-electron chi connectivity index (χ0n) is 43.3. The van der Waals surface area contributed by atoms with E-state index >= 15 is 0 Å². The molecule has 2 bridgehead atoms. The van der Waals surface area contributed by atoms with E-state index in [1.807, 2.05) is 72.8 Å². The van der Waals surface area contributed by atoms with Crippen molar-refractivity contribution in [2.45, 2.75) is 154 Å². The van der Waals surface area contributed by atoms with E-state index in [2.05, 4.69) is 0 Å². The van der Waals surface area contributed by atoms with Crippen molar-refractivity contribution in [2.24, 2.45) is 35.5 Å². The number of nitrogens with zero attached hydrogens (tertiary/aromatic N) is 1. The van der Waals surface area contributed by atoms with E-state index in [9.17, 15) is 29.4 Å². The van der Waals surface area contributed by atoms with Crippen LogP contribution in [0.1, 0.15) is 93.4 Å². The number of amides is 1. The van der Waals surface area contributed by atoms with Gasteiger partial charge in [-0.1, -0.05) is 89.6 Å². The number of fused-ring (bicyclic) bond motifs is 2. The first-order chi connectivity index (χ1) is 32.3. The van der Waals surface area contributed by atoms with Gasteiger partial charge in [-0.2, -0.15) is 0 Å². The van der Waals surface area contributed by atoms with Crippen LogP contribution < -0.4 is 0 Å². The lowest BCUT2D eigenvalue weighted by Crippen LogP contribution is -2.46. The Labute approximate surface area is 406 Å². The van der Waals surface area contributed by atoms with Crippen molar-refractivity contribution in [3.63, 3.8) is 0 Å². The monoisotopic (exact) mass is 960 g/mol. The maximum atomic E-state index is 13.6. The number of esters is 2. The van der Waals surface area contributed by atoms with Crippen LogP contribution in [0.25, 0.3) is 0 Å². The Hall–Kier alpha value is -3.80. The van der Waals surface area contributed by atoms with E-state index in [4.69, 9.17) is 37.9 Å². The van der Waals surface area contributed by atoms with E-state index in [0.29, 0.717) is 37.7 Å². The van der Waals surface area contributed by atoms with Crippen molar-refractivity contribution in [1.29, 1.82) is 0 Å². The summed E-state index contributed by atoms with van der Waals surface area (Å²) < 4.78 is 47.1. The average molecular weight is 960 g/mol. The second-order valence-electron chi connectivity index (χ2n) is 18.8. The minimum atomic E-state index is -1.09. The molecule has 2 rings (SSSR count). The largest absolute Gasteiger partial charge is 0.458 e. The molecule has 0 saturated heterocycles. The Kier molecular flexibility index (Phi) is 27.9. The molecule has 0 fully saturated rings. The first-order valence-corrected chi connectivity index (χ1v) is 24.0. The van der Waals surface area contributed by atoms with Gasteiger partial charge in [-0.3, -0.25) is 9.59 Å². The normalized spacial score (nSPS) is 33.0. The van der Waals surface area contributed by atoms with Gasteiger partial charge in [0, 0.05) is 117 Å². The number of ketones is 1. The Balaban J connectivity index is 2.49. The molecule has 2 aliphatic rings. The number of carbonyl (C=O) groups is 4. The molecule has 2 heterocycles. The van der Waals surface area contributed by atoms with Crippen LogP contribution in [0, 0.1) is 35.5 Å².